The molecule has 1 aromatic rings. The van der Waals surface area contributed by atoms with Crippen LogP contribution in [0, 0.1) is 6.92 Å². The molecule has 1 fully saturated rings. The Morgan fingerprint density at radius 2 is 1.96 bits per heavy atom. The summed E-state index contributed by atoms with van der Waals surface area (Å²) in [4.78, 5) is 12.3. The first-order valence-corrected chi connectivity index (χ1v) is 9.26. The average Bonchev–Trinajstić information content (AvgIpc) is 2.92. The molecule has 136 valence electrons. The zero-order chi connectivity index (χ0) is 17.3. The van der Waals surface area contributed by atoms with Gasteiger partial charge >= 0.3 is 0 Å². The van der Waals surface area contributed by atoms with Crippen LogP contribution >= 0.6 is 12.4 Å². The van der Waals surface area contributed by atoms with Crippen molar-refractivity contribution in [2.24, 2.45) is 0 Å². The first-order valence-electron chi connectivity index (χ1n) is 7.77. The molecule has 0 aromatic heterocycles. The lowest BCUT2D eigenvalue weighted by Gasteiger charge is -2.21. The van der Waals surface area contributed by atoms with Crippen LogP contribution in [-0.4, -0.2) is 32.5 Å². The van der Waals surface area contributed by atoms with Gasteiger partial charge in [-0.15, -0.1) is 12.4 Å². The van der Waals surface area contributed by atoms with Crippen LogP contribution in [-0.2, 0) is 14.8 Å². The molecule has 8 heteroatoms. The third-order valence-electron chi connectivity index (χ3n) is 3.56. The molecule has 1 aliphatic rings. The Morgan fingerprint density at radius 3 is 2.50 bits per heavy atom. The minimum absolute atomic E-state index is 0. The highest BCUT2D eigenvalue weighted by atomic mass is 35.5. The number of aryl methyl sites for hydroxylation is 1. The van der Waals surface area contributed by atoms with Gasteiger partial charge < -0.3 is 10.6 Å². The van der Waals surface area contributed by atoms with E-state index < -0.39 is 15.6 Å². The molecule has 1 atom stereocenters. The highest BCUT2D eigenvalue weighted by molar-refractivity contribution is 7.89. The number of carbonyl (C=O) groups excluding carboxylic acids is 1. The van der Waals surface area contributed by atoms with Crippen molar-refractivity contribution in [3.8, 4) is 0 Å². The van der Waals surface area contributed by atoms with Gasteiger partial charge in [0.2, 0.25) is 15.9 Å². The molecule has 0 aliphatic carbocycles. The van der Waals surface area contributed by atoms with E-state index in [0.29, 0.717) is 11.3 Å². The Bertz CT molecular complexity index is 693. The summed E-state index contributed by atoms with van der Waals surface area (Å²) >= 11 is 0. The zero-order valence-electron chi connectivity index (χ0n) is 14.5. The number of sulfonamides is 1. The van der Waals surface area contributed by atoms with Gasteiger partial charge in [0, 0.05) is 11.2 Å². The third-order valence-corrected chi connectivity index (χ3v) is 5.46. The van der Waals surface area contributed by atoms with Gasteiger partial charge in [-0.3, -0.25) is 4.79 Å². The molecule has 0 bridgehead atoms. The predicted molar refractivity (Wildman–Crippen MR) is 98.2 cm³/mol. The predicted octanol–water partition coefficient (Wildman–Crippen LogP) is 2.18. The molecule has 1 saturated heterocycles. The van der Waals surface area contributed by atoms with Crippen molar-refractivity contribution >= 4 is 34.0 Å². The van der Waals surface area contributed by atoms with Crippen molar-refractivity contribution in [3.05, 3.63) is 23.8 Å². The second kappa shape index (κ2) is 7.82. The maximum absolute atomic E-state index is 12.5. The largest absolute Gasteiger partial charge is 0.325 e. The molecule has 1 unspecified atom stereocenters. The van der Waals surface area contributed by atoms with Crippen molar-refractivity contribution in [3.63, 3.8) is 0 Å². The molecule has 1 aromatic carbocycles. The molecule has 6 nitrogen and oxygen atoms in total. The topological polar surface area (TPSA) is 87.3 Å². The average molecular weight is 376 g/mol. The van der Waals surface area contributed by atoms with Gasteiger partial charge in [-0.1, -0.05) is 6.07 Å². The molecule has 2 rings (SSSR count). The van der Waals surface area contributed by atoms with E-state index in [1.165, 1.54) is 6.07 Å². The van der Waals surface area contributed by atoms with Crippen LogP contribution in [0.3, 0.4) is 0 Å². The van der Waals surface area contributed by atoms with Crippen molar-refractivity contribution < 1.29 is 13.2 Å². The van der Waals surface area contributed by atoms with E-state index in [-0.39, 0.29) is 29.3 Å². The normalized spacial score (nSPS) is 18.1. The van der Waals surface area contributed by atoms with Gasteiger partial charge in [0.15, 0.2) is 0 Å². The summed E-state index contributed by atoms with van der Waals surface area (Å²) in [7, 11) is -3.64. The summed E-state index contributed by atoms with van der Waals surface area (Å²) in [5, 5.41) is 5.91. The van der Waals surface area contributed by atoms with E-state index in [9.17, 15) is 13.2 Å². The smallest absolute Gasteiger partial charge is 0.241 e. The second-order valence-corrected chi connectivity index (χ2v) is 8.62. The first kappa shape index (κ1) is 20.9. The van der Waals surface area contributed by atoms with Crippen LogP contribution in [0.15, 0.2) is 23.1 Å². The number of halogens is 1. The van der Waals surface area contributed by atoms with E-state index in [0.717, 1.165) is 19.4 Å². The molecule has 0 radical (unpaired) electrons. The number of benzene rings is 1. The first-order chi connectivity index (χ1) is 10.6. The molecule has 1 amide bonds. The summed E-state index contributed by atoms with van der Waals surface area (Å²) in [5.74, 6) is -0.126. The Kier molecular flexibility index (Phi) is 6.81. The van der Waals surface area contributed by atoms with Crippen molar-refractivity contribution in [2.45, 2.75) is 57.0 Å². The second-order valence-electron chi connectivity index (χ2n) is 6.97. The maximum atomic E-state index is 12.5. The van der Waals surface area contributed by atoms with Crippen LogP contribution in [0.25, 0.3) is 0 Å². The fourth-order valence-electron chi connectivity index (χ4n) is 2.56. The third kappa shape index (κ3) is 5.44. The molecule has 24 heavy (non-hydrogen) atoms. The maximum Gasteiger partial charge on any atom is 0.241 e. The number of nitrogens with one attached hydrogen (secondary N) is 3. The van der Waals surface area contributed by atoms with Gasteiger partial charge in [0.1, 0.15) is 0 Å². The Balaban J connectivity index is 0.00000288. The molecule has 3 N–H and O–H groups in total. The van der Waals surface area contributed by atoms with Crippen LogP contribution in [0.4, 0.5) is 5.69 Å². The highest BCUT2D eigenvalue weighted by Gasteiger charge is 2.25. The number of hydrogen-bond acceptors (Lipinski definition) is 4. The molecular weight excluding hydrogens is 350 g/mol. The fourth-order valence-corrected chi connectivity index (χ4v) is 4.25. The molecule has 0 saturated carbocycles. The Labute approximate surface area is 150 Å². The van der Waals surface area contributed by atoms with Crippen LogP contribution in [0.2, 0.25) is 0 Å². The molecule has 0 spiro atoms. The van der Waals surface area contributed by atoms with Crippen molar-refractivity contribution in [1.29, 1.82) is 0 Å². The van der Waals surface area contributed by atoms with Gasteiger partial charge in [0.05, 0.1) is 10.9 Å². The zero-order valence-corrected chi connectivity index (χ0v) is 16.1. The minimum Gasteiger partial charge on any atom is -0.325 e. The standard InChI is InChI=1S/C16H25N3O3S.ClH/c1-11-7-8-12(18-15(20)13-6-5-9-17-13)10-14(11)23(21,22)19-16(2,3)4;/h7-8,10,13,17,19H,5-6,9H2,1-4H3,(H,18,20);1H. The summed E-state index contributed by atoms with van der Waals surface area (Å²) in [6.07, 6.45) is 1.77. The summed E-state index contributed by atoms with van der Waals surface area (Å²) in [6.45, 7) is 7.94. The lowest BCUT2D eigenvalue weighted by atomic mass is 10.1. The number of rotatable bonds is 4. The number of anilines is 1. The number of carbonyl (C=O) groups is 1. The Hall–Kier alpha value is -1.15. The van der Waals surface area contributed by atoms with E-state index >= 15 is 0 Å². The van der Waals surface area contributed by atoms with Gasteiger partial charge in [-0.05, 0) is 64.8 Å². The van der Waals surface area contributed by atoms with Crippen molar-refractivity contribution in [1.82, 2.24) is 10.0 Å². The number of amides is 1. The highest BCUT2D eigenvalue weighted by Crippen LogP contribution is 2.22. The monoisotopic (exact) mass is 375 g/mol. The molecule has 1 aliphatic heterocycles. The van der Waals surface area contributed by atoms with Gasteiger partial charge in [-0.2, -0.15) is 0 Å². The Morgan fingerprint density at radius 1 is 1.29 bits per heavy atom. The molecule has 1 heterocycles. The number of hydrogen-bond donors (Lipinski definition) is 3. The van der Waals surface area contributed by atoms with E-state index in [1.54, 1.807) is 39.8 Å². The summed E-state index contributed by atoms with van der Waals surface area (Å²) in [5.41, 5.74) is 0.556. The van der Waals surface area contributed by atoms with E-state index in [2.05, 4.69) is 15.4 Å². The van der Waals surface area contributed by atoms with Gasteiger partial charge in [0.25, 0.3) is 0 Å². The van der Waals surface area contributed by atoms with Crippen LogP contribution in [0.5, 0.6) is 0 Å². The van der Waals surface area contributed by atoms with Crippen LogP contribution < -0.4 is 15.4 Å². The summed E-state index contributed by atoms with van der Waals surface area (Å²) in [6, 6.07) is 4.73. The lowest BCUT2D eigenvalue weighted by molar-refractivity contribution is -0.117. The van der Waals surface area contributed by atoms with Crippen molar-refractivity contribution in [2.75, 3.05) is 11.9 Å². The van der Waals surface area contributed by atoms with Crippen LogP contribution in [0.1, 0.15) is 39.2 Å². The fraction of sp³-hybridized carbons (Fsp3) is 0.562. The quantitative estimate of drug-likeness (QED) is 0.752. The van der Waals surface area contributed by atoms with E-state index in [1.807, 2.05) is 0 Å². The molecular formula is C16H26ClN3O3S. The summed E-state index contributed by atoms with van der Waals surface area (Å²) < 4.78 is 27.7. The minimum atomic E-state index is -3.64. The lowest BCUT2D eigenvalue weighted by Crippen LogP contribution is -2.40. The SMILES string of the molecule is Cc1ccc(NC(=O)C2CCCN2)cc1S(=O)(=O)NC(C)(C)C.Cl. The van der Waals surface area contributed by atoms with Gasteiger partial charge in [-0.25, -0.2) is 13.1 Å². The van der Waals surface area contributed by atoms with E-state index in [4.69, 9.17) is 0 Å².